The van der Waals surface area contributed by atoms with Crippen molar-refractivity contribution in [2.45, 2.75) is 230 Å². The van der Waals surface area contributed by atoms with Crippen molar-refractivity contribution in [3.05, 3.63) is 0 Å². The van der Waals surface area contributed by atoms with Gasteiger partial charge in [-0.3, -0.25) is 9.59 Å². The summed E-state index contributed by atoms with van der Waals surface area (Å²) in [6, 6.07) is -1.02. The molecule has 1 aliphatic rings. The SMILES string of the molecule is CCCCCCCCCCCCCCCCCC(=O)N[C@@H](CO[C@@H]1O[C@H](CO)[C@H](O)[C@H](O)[C@H]1O)C(=O)NCCCCCCCCCCCCCC. The normalized spacial score (nSPS) is 21.1. The van der Waals surface area contributed by atoms with Crippen LogP contribution in [0.3, 0.4) is 0 Å². The number of carbonyl (C=O) groups excluding carboxylic acids is 2. The molecule has 10 heteroatoms. The molecule has 1 heterocycles. The molecule has 0 saturated carbocycles. The number of aliphatic hydroxyl groups excluding tert-OH is 4. The van der Waals surface area contributed by atoms with Crippen molar-refractivity contribution in [2.75, 3.05) is 19.8 Å². The van der Waals surface area contributed by atoms with E-state index in [4.69, 9.17) is 9.47 Å². The van der Waals surface area contributed by atoms with Gasteiger partial charge in [-0.05, 0) is 12.8 Å². The predicted molar refractivity (Wildman–Crippen MR) is 205 cm³/mol. The summed E-state index contributed by atoms with van der Waals surface area (Å²) >= 11 is 0. The molecule has 1 fully saturated rings. The lowest BCUT2D eigenvalue weighted by Crippen LogP contribution is -2.60. The van der Waals surface area contributed by atoms with E-state index in [-0.39, 0.29) is 18.4 Å². The average molecular weight is 729 g/mol. The molecule has 2 amide bonds. The maximum atomic E-state index is 13.1. The summed E-state index contributed by atoms with van der Waals surface area (Å²) in [4.78, 5) is 26.0. The van der Waals surface area contributed by atoms with Gasteiger partial charge >= 0.3 is 0 Å². The van der Waals surface area contributed by atoms with E-state index >= 15 is 0 Å². The maximum Gasteiger partial charge on any atom is 0.244 e. The number of hydrogen-bond donors (Lipinski definition) is 6. The van der Waals surface area contributed by atoms with Crippen LogP contribution in [-0.2, 0) is 19.1 Å². The summed E-state index contributed by atoms with van der Waals surface area (Å²) in [5, 5.41) is 45.7. The Labute approximate surface area is 311 Å². The predicted octanol–water partition coefficient (Wildman–Crippen LogP) is 7.37. The lowest BCUT2D eigenvalue weighted by atomic mass is 9.99. The average Bonchev–Trinajstić information content (AvgIpc) is 3.13. The largest absolute Gasteiger partial charge is 0.394 e. The van der Waals surface area contributed by atoms with Gasteiger partial charge in [0.05, 0.1) is 13.2 Å². The molecule has 0 aliphatic carbocycles. The maximum absolute atomic E-state index is 13.1. The number of unbranched alkanes of at least 4 members (excludes halogenated alkanes) is 25. The summed E-state index contributed by atoms with van der Waals surface area (Å²) < 4.78 is 11.1. The molecular weight excluding hydrogens is 648 g/mol. The molecule has 0 aromatic heterocycles. The van der Waals surface area contributed by atoms with Gasteiger partial charge in [0.25, 0.3) is 0 Å². The molecule has 302 valence electrons. The number of ether oxygens (including phenoxy) is 2. The summed E-state index contributed by atoms with van der Waals surface area (Å²) in [5.41, 5.74) is 0. The molecule has 1 saturated heterocycles. The highest BCUT2D eigenvalue weighted by Gasteiger charge is 2.44. The van der Waals surface area contributed by atoms with Crippen LogP contribution in [0.25, 0.3) is 0 Å². The zero-order valence-corrected chi connectivity index (χ0v) is 32.8. The van der Waals surface area contributed by atoms with Crippen molar-refractivity contribution >= 4 is 11.8 Å². The Balaban J connectivity index is 2.35. The first kappa shape index (κ1) is 47.7. The molecule has 0 aromatic carbocycles. The Morgan fingerprint density at radius 3 is 1.43 bits per heavy atom. The van der Waals surface area contributed by atoms with Gasteiger partial charge in [-0.25, -0.2) is 0 Å². The van der Waals surface area contributed by atoms with Crippen molar-refractivity contribution in [1.29, 1.82) is 0 Å². The van der Waals surface area contributed by atoms with Crippen LogP contribution in [0.1, 0.15) is 194 Å². The lowest BCUT2D eigenvalue weighted by Gasteiger charge is -2.39. The first-order valence-electron chi connectivity index (χ1n) is 21.3. The van der Waals surface area contributed by atoms with E-state index in [2.05, 4.69) is 24.5 Å². The Bertz CT molecular complexity index is 817. The van der Waals surface area contributed by atoms with Gasteiger partial charge in [0.15, 0.2) is 6.29 Å². The molecule has 10 nitrogen and oxygen atoms in total. The third-order valence-corrected chi connectivity index (χ3v) is 10.3. The Morgan fingerprint density at radius 1 is 0.588 bits per heavy atom. The van der Waals surface area contributed by atoms with Gasteiger partial charge in [0.1, 0.15) is 30.5 Å². The van der Waals surface area contributed by atoms with Crippen LogP contribution < -0.4 is 10.6 Å². The topological polar surface area (TPSA) is 158 Å². The van der Waals surface area contributed by atoms with Crippen LogP contribution in [0.2, 0.25) is 0 Å². The van der Waals surface area contributed by atoms with Gasteiger partial charge in [0, 0.05) is 13.0 Å². The van der Waals surface area contributed by atoms with Crippen molar-refractivity contribution < 1.29 is 39.5 Å². The molecule has 0 unspecified atom stereocenters. The number of hydrogen-bond acceptors (Lipinski definition) is 8. The molecule has 0 spiro atoms. The fourth-order valence-corrected chi connectivity index (χ4v) is 6.80. The zero-order valence-electron chi connectivity index (χ0n) is 32.8. The van der Waals surface area contributed by atoms with Gasteiger partial charge in [-0.15, -0.1) is 0 Å². The van der Waals surface area contributed by atoms with Crippen LogP contribution >= 0.6 is 0 Å². The van der Waals surface area contributed by atoms with E-state index in [9.17, 15) is 30.0 Å². The highest BCUT2D eigenvalue weighted by molar-refractivity contribution is 5.87. The molecule has 0 bridgehead atoms. The van der Waals surface area contributed by atoms with Crippen LogP contribution in [0.5, 0.6) is 0 Å². The van der Waals surface area contributed by atoms with Gasteiger partial charge in [-0.2, -0.15) is 0 Å². The molecule has 1 rings (SSSR count). The second-order valence-corrected chi connectivity index (χ2v) is 15.0. The zero-order chi connectivity index (χ0) is 37.4. The van der Waals surface area contributed by atoms with Crippen molar-refractivity contribution in [3.8, 4) is 0 Å². The Morgan fingerprint density at radius 2 is 1.00 bits per heavy atom. The van der Waals surface area contributed by atoms with Crippen molar-refractivity contribution in [2.24, 2.45) is 0 Å². The first-order valence-corrected chi connectivity index (χ1v) is 21.3. The summed E-state index contributed by atoms with van der Waals surface area (Å²) in [6.45, 7) is 4.11. The molecule has 6 N–H and O–H groups in total. The van der Waals surface area contributed by atoms with Crippen LogP contribution in [0.4, 0.5) is 0 Å². The quantitative estimate of drug-likeness (QED) is 0.0370. The fraction of sp³-hybridized carbons (Fsp3) is 0.951. The molecule has 0 radical (unpaired) electrons. The minimum atomic E-state index is -1.58. The van der Waals surface area contributed by atoms with E-state index in [1.165, 1.54) is 135 Å². The first-order chi connectivity index (χ1) is 24.8. The van der Waals surface area contributed by atoms with Gasteiger partial charge in [0.2, 0.25) is 11.8 Å². The fourth-order valence-electron chi connectivity index (χ4n) is 6.80. The van der Waals surface area contributed by atoms with Gasteiger partial charge < -0.3 is 40.5 Å². The minimum Gasteiger partial charge on any atom is -0.394 e. The molecule has 51 heavy (non-hydrogen) atoms. The number of nitrogens with one attached hydrogen (secondary N) is 2. The highest BCUT2D eigenvalue weighted by atomic mass is 16.7. The molecule has 1 aliphatic heterocycles. The number of carbonyl (C=O) groups is 2. The lowest BCUT2D eigenvalue weighted by molar-refractivity contribution is -0.301. The second kappa shape index (κ2) is 33.3. The summed E-state index contributed by atoms with van der Waals surface area (Å²) in [6.07, 6.45) is 26.5. The number of aliphatic hydroxyl groups is 4. The van der Waals surface area contributed by atoms with Crippen LogP contribution in [0, 0.1) is 0 Å². The van der Waals surface area contributed by atoms with Crippen molar-refractivity contribution in [1.82, 2.24) is 10.6 Å². The molecule has 0 aromatic rings. The van der Waals surface area contributed by atoms with Gasteiger partial charge in [-0.1, -0.05) is 174 Å². The van der Waals surface area contributed by atoms with E-state index in [0.717, 1.165) is 38.5 Å². The summed E-state index contributed by atoms with van der Waals surface area (Å²) in [7, 11) is 0. The smallest absolute Gasteiger partial charge is 0.244 e. The number of amides is 2. The third kappa shape index (κ3) is 24.6. The van der Waals surface area contributed by atoms with Crippen molar-refractivity contribution in [3.63, 3.8) is 0 Å². The highest BCUT2D eigenvalue weighted by Crippen LogP contribution is 2.22. The third-order valence-electron chi connectivity index (χ3n) is 10.3. The van der Waals surface area contributed by atoms with E-state index in [1.54, 1.807) is 0 Å². The second-order valence-electron chi connectivity index (χ2n) is 15.0. The Hall–Kier alpha value is -1.30. The number of rotatable bonds is 35. The minimum absolute atomic E-state index is 0.243. The van der Waals surface area contributed by atoms with E-state index < -0.39 is 43.4 Å². The standard InChI is InChI=1S/C41H80N2O8/c1-3-5-7-9-11-13-15-17-18-19-20-22-24-26-28-30-36(45)43-34(33-50-41-39(48)38(47)37(46)35(32-44)51-41)40(49)42-31-29-27-25-23-21-16-14-12-10-8-6-4-2/h34-35,37-39,41,44,46-48H,3-33H2,1-2H3,(H,42,49)(H,43,45)/t34-,35+,37-,38-,39+,41+/m0/s1. The Kier molecular flexibility index (Phi) is 31.1. The van der Waals surface area contributed by atoms with Crippen LogP contribution in [-0.4, -0.2) is 88.7 Å². The van der Waals surface area contributed by atoms with E-state index in [0.29, 0.717) is 13.0 Å². The molecular formula is C41H80N2O8. The molecule has 6 atom stereocenters. The summed E-state index contributed by atoms with van der Waals surface area (Å²) in [5.74, 6) is -0.625. The van der Waals surface area contributed by atoms with E-state index in [1.807, 2.05) is 0 Å². The van der Waals surface area contributed by atoms with Crippen LogP contribution in [0.15, 0.2) is 0 Å². The monoisotopic (exact) mass is 729 g/mol.